The molecule has 0 bridgehead atoms. The molecule has 0 radical (unpaired) electrons. The van der Waals surface area contributed by atoms with Gasteiger partial charge in [-0.1, -0.05) is 6.07 Å². The quantitative estimate of drug-likeness (QED) is 0.826. The normalized spacial score (nSPS) is 17.4. The molecule has 2 aromatic rings. The molecule has 25 heavy (non-hydrogen) atoms. The van der Waals surface area contributed by atoms with Crippen LogP contribution in [0, 0.1) is 13.8 Å². The molecule has 1 saturated heterocycles. The zero-order chi connectivity index (χ0) is 17.9. The summed E-state index contributed by atoms with van der Waals surface area (Å²) in [6.45, 7) is 5.39. The molecule has 1 aliphatic heterocycles. The number of hydrogen-bond donors (Lipinski definition) is 2. The number of sulfonamides is 1. The number of rotatable bonds is 6. The number of pyridine rings is 1. The monoisotopic (exact) mass is 361 g/mol. The maximum Gasteiger partial charge on any atom is 0.263 e. The largest absolute Gasteiger partial charge is 0.381 e. The summed E-state index contributed by atoms with van der Waals surface area (Å²) in [5.41, 5.74) is 2.83. The van der Waals surface area contributed by atoms with Crippen LogP contribution in [0.4, 0.5) is 11.5 Å². The summed E-state index contributed by atoms with van der Waals surface area (Å²) in [7, 11) is -3.64. The first kappa shape index (κ1) is 17.7. The molecule has 7 heteroatoms. The van der Waals surface area contributed by atoms with Crippen molar-refractivity contribution in [3.05, 3.63) is 47.7 Å². The molecule has 0 aliphatic carbocycles. The van der Waals surface area contributed by atoms with E-state index in [0.717, 1.165) is 42.8 Å². The van der Waals surface area contributed by atoms with E-state index in [1.54, 1.807) is 36.5 Å². The molecule has 3 rings (SSSR count). The Morgan fingerprint density at radius 3 is 2.68 bits per heavy atom. The Bertz CT molecular complexity index is 829. The molecular formula is C18H23N3O3S. The number of ether oxygens (including phenoxy) is 1. The Morgan fingerprint density at radius 2 is 2.04 bits per heavy atom. The maximum absolute atomic E-state index is 12.5. The predicted octanol–water partition coefficient (Wildman–Crippen LogP) is 3.09. The van der Waals surface area contributed by atoms with Crippen LogP contribution in [0.1, 0.15) is 24.0 Å². The lowest BCUT2D eigenvalue weighted by atomic mass is 10.1. The summed E-state index contributed by atoms with van der Waals surface area (Å²) in [6, 6.07) is 8.52. The van der Waals surface area contributed by atoms with Crippen LogP contribution in [0.2, 0.25) is 0 Å². The van der Waals surface area contributed by atoms with E-state index in [-0.39, 0.29) is 11.0 Å². The van der Waals surface area contributed by atoms with Crippen LogP contribution in [0.5, 0.6) is 0 Å². The highest BCUT2D eigenvalue weighted by Gasteiger charge is 2.16. The number of nitrogens with zero attached hydrogens (tertiary/aromatic N) is 1. The summed E-state index contributed by atoms with van der Waals surface area (Å²) in [5, 5.41) is 3.26. The summed E-state index contributed by atoms with van der Waals surface area (Å²) >= 11 is 0. The number of anilines is 2. The van der Waals surface area contributed by atoms with E-state index in [1.165, 1.54) is 0 Å². The standard InChI is InChI=1S/C18H23N3O3S/c1-13-5-7-17(10-14(13)2)25(22,23)21-18-8-6-15(11-20-18)19-12-16-4-3-9-24-16/h5-8,10-11,16,19H,3-4,9,12H2,1-2H3,(H,20,21). The second-order valence-corrected chi connectivity index (χ2v) is 7.98. The van der Waals surface area contributed by atoms with Gasteiger partial charge in [0.25, 0.3) is 10.0 Å². The third-order valence-corrected chi connectivity index (χ3v) is 5.70. The van der Waals surface area contributed by atoms with E-state index in [1.807, 2.05) is 13.8 Å². The number of nitrogens with one attached hydrogen (secondary N) is 2. The van der Waals surface area contributed by atoms with Gasteiger partial charge in [0, 0.05) is 13.2 Å². The van der Waals surface area contributed by atoms with Gasteiger partial charge in [0.05, 0.1) is 22.9 Å². The molecule has 0 spiro atoms. The van der Waals surface area contributed by atoms with Crippen molar-refractivity contribution < 1.29 is 13.2 Å². The minimum Gasteiger partial charge on any atom is -0.381 e. The molecule has 1 unspecified atom stereocenters. The molecule has 2 N–H and O–H groups in total. The van der Waals surface area contributed by atoms with Crippen LogP contribution < -0.4 is 10.0 Å². The van der Waals surface area contributed by atoms with E-state index in [0.29, 0.717) is 5.82 Å². The van der Waals surface area contributed by atoms with Crippen LogP contribution in [-0.4, -0.2) is 32.7 Å². The van der Waals surface area contributed by atoms with Crippen LogP contribution >= 0.6 is 0 Å². The molecule has 1 aromatic heterocycles. The van der Waals surface area contributed by atoms with Crippen LogP contribution in [0.3, 0.4) is 0 Å². The van der Waals surface area contributed by atoms with Gasteiger partial charge in [-0.15, -0.1) is 0 Å². The first-order valence-corrected chi connectivity index (χ1v) is 9.84. The van der Waals surface area contributed by atoms with E-state index >= 15 is 0 Å². The molecule has 6 nitrogen and oxygen atoms in total. The summed E-state index contributed by atoms with van der Waals surface area (Å²) < 4.78 is 33.0. The topological polar surface area (TPSA) is 80.3 Å². The second kappa shape index (κ2) is 7.41. The Balaban J connectivity index is 1.64. The zero-order valence-corrected chi connectivity index (χ0v) is 15.3. The van der Waals surface area contributed by atoms with Crippen molar-refractivity contribution in [2.24, 2.45) is 0 Å². The van der Waals surface area contributed by atoms with Gasteiger partial charge in [-0.25, -0.2) is 13.4 Å². The van der Waals surface area contributed by atoms with Crippen molar-refractivity contribution >= 4 is 21.5 Å². The maximum atomic E-state index is 12.5. The van der Waals surface area contributed by atoms with Crippen LogP contribution in [0.15, 0.2) is 41.4 Å². The molecule has 1 aliphatic rings. The lowest BCUT2D eigenvalue weighted by Gasteiger charge is -2.12. The highest BCUT2D eigenvalue weighted by Crippen LogP contribution is 2.19. The van der Waals surface area contributed by atoms with Crippen molar-refractivity contribution in [3.63, 3.8) is 0 Å². The molecule has 1 fully saturated rings. The van der Waals surface area contributed by atoms with E-state index in [9.17, 15) is 8.42 Å². The van der Waals surface area contributed by atoms with Gasteiger partial charge in [-0.3, -0.25) is 4.72 Å². The average molecular weight is 361 g/mol. The van der Waals surface area contributed by atoms with Gasteiger partial charge in [0.2, 0.25) is 0 Å². The van der Waals surface area contributed by atoms with Gasteiger partial charge in [-0.2, -0.15) is 0 Å². The van der Waals surface area contributed by atoms with Gasteiger partial charge in [0.1, 0.15) is 5.82 Å². The summed E-state index contributed by atoms with van der Waals surface area (Å²) in [5.74, 6) is 0.292. The van der Waals surface area contributed by atoms with Crippen molar-refractivity contribution in [2.75, 3.05) is 23.2 Å². The van der Waals surface area contributed by atoms with Crippen LogP contribution in [-0.2, 0) is 14.8 Å². The molecular weight excluding hydrogens is 338 g/mol. The smallest absolute Gasteiger partial charge is 0.263 e. The first-order valence-electron chi connectivity index (χ1n) is 8.36. The fraction of sp³-hybridized carbons (Fsp3) is 0.389. The van der Waals surface area contributed by atoms with E-state index in [2.05, 4.69) is 15.0 Å². The van der Waals surface area contributed by atoms with E-state index in [4.69, 9.17) is 4.74 Å². The van der Waals surface area contributed by atoms with Crippen molar-refractivity contribution in [1.82, 2.24) is 4.98 Å². The highest BCUT2D eigenvalue weighted by atomic mass is 32.2. The van der Waals surface area contributed by atoms with Gasteiger partial charge < -0.3 is 10.1 Å². The summed E-state index contributed by atoms with van der Waals surface area (Å²) in [6.07, 6.45) is 4.02. The second-order valence-electron chi connectivity index (χ2n) is 6.30. The van der Waals surface area contributed by atoms with Gasteiger partial charge in [0.15, 0.2) is 0 Å². The third-order valence-electron chi connectivity index (χ3n) is 4.35. The average Bonchev–Trinajstić information content (AvgIpc) is 3.10. The predicted molar refractivity (Wildman–Crippen MR) is 98.4 cm³/mol. The zero-order valence-electron chi connectivity index (χ0n) is 14.5. The molecule has 1 atom stereocenters. The minimum absolute atomic E-state index is 0.234. The van der Waals surface area contributed by atoms with Crippen LogP contribution in [0.25, 0.3) is 0 Å². The number of benzene rings is 1. The Kier molecular flexibility index (Phi) is 5.24. The Morgan fingerprint density at radius 1 is 1.20 bits per heavy atom. The number of hydrogen-bond acceptors (Lipinski definition) is 5. The van der Waals surface area contributed by atoms with Crippen molar-refractivity contribution in [1.29, 1.82) is 0 Å². The minimum atomic E-state index is -3.64. The molecule has 0 amide bonds. The lowest BCUT2D eigenvalue weighted by molar-refractivity contribution is 0.120. The first-order chi connectivity index (χ1) is 11.9. The van der Waals surface area contributed by atoms with Crippen molar-refractivity contribution in [2.45, 2.75) is 37.7 Å². The van der Waals surface area contributed by atoms with Gasteiger partial charge in [-0.05, 0) is 62.1 Å². The lowest BCUT2D eigenvalue weighted by Crippen LogP contribution is -2.18. The molecule has 0 saturated carbocycles. The fourth-order valence-electron chi connectivity index (χ4n) is 2.67. The number of aryl methyl sites for hydroxylation is 2. The van der Waals surface area contributed by atoms with Gasteiger partial charge >= 0.3 is 0 Å². The molecule has 1 aromatic carbocycles. The van der Waals surface area contributed by atoms with E-state index < -0.39 is 10.0 Å². The highest BCUT2D eigenvalue weighted by molar-refractivity contribution is 7.92. The SMILES string of the molecule is Cc1ccc(S(=O)(=O)Nc2ccc(NCC3CCCO3)cn2)cc1C. The molecule has 2 heterocycles. The number of aromatic nitrogens is 1. The van der Waals surface area contributed by atoms with Crippen molar-refractivity contribution in [3.8, 4) is 0 Å². The Labute approximate surface area is 148 Å². The molecule has 134 valence electrons. The fourth-order valence-corrected chi connectivity index (χ4v) is 3.77. The third kappa shape index (κ3) is 4.49. The Hall–Kier alpha value is -2.12. The summed E-state index contributed by atoms with van der Waals surface area (Å²) in [4.78, 5) is 4.42.